The second-order valence-electron chi connectivity index (χ2n) is 6.17. The Balaban J connectivity index is 1.74. The molecule has 3 aromatic rings. The number of aromatic nitrogens is 1. The molecule has 0 fully saturated rings. The lowest BCUT2D eigenvalue weighted by Crippen LogP contribution is -2.12. The van der Waals surface area contributed by atoms with Crippen LogP contribution < -0.4 is 10.6 Å². The fourth-order valence-corrected chi connectivity index (χ4v) is 2.80. The highest BCUT2D eigenvalue weighted by Gasteiger charge is 2.09. The topological polar surface area (TPSA) is 77.8 Å². The zero-order chi connectivity index (χ0) is 19.2. The van der Waals surface area contributed by atoms with Crippen LogP contribution in [0.1, 0.15) is 34.0 Å². The number of nitriles is 1. The predicted molar refractivity (Wildman–Crippen MR) is 107 cm³/mol. The molecule has 0 spiro atoms. The van der Waals surface area contributed by atoms with Gasteiger partial charge in [0, 0.05) is 17.6 Å². The number of pyridine rings is 1. The van der Waals surface area contributed by atoms with Crippen molar-refractivity contribution < 1.29 is 4.79 Å². The highest BCUT2D eigenvalue weighted by atomic mass is 16.1. The van der Waals surface area contributed by atoms with Gasteiger partial charge in [0.25, 0.3) is 5.91 Å². The van der Waals surface area contributed by atoms with Crippen LogP contribution >= 0.6 is 0 Å². The van der Waals surface area contributed by atoms with Gasteiger partial charge in [0.15, 0.2) is 0 Å². The van der Waals surface area contributed by atoms with E-state index in [1.54, 1.807) is 36.4 Å². The summed E-state index contributed by atoms with van der Waals surface area (Å²) in [6.07, 6.45) is 2.46. The van der Waals surface area contributed by atoms with Gasteiger partial charge in [-0.2, -0.15) is 5.26 Å². The smallest absolute Gasteiger partial charge is 0.257 e. The van der Waals surface area contributed by atoms with E-state index in [2.05, 4.69) is 47.7 Å². The fourth-order valence-electron chi connectivity index (χ4n) is 2.80. The van der Waals surface area contributed by atoms with Gasteiger partial charge >= 0.3 is 0 Å². The molecule has 1 aromatic heterocycles. The lowest BCUT2D eigenvalue weighted by molar-refractivity contribution is 0.102. The summed E-state index contributed by atoms with van der Waals surface area (Å²) in [5, 5.41) is 15.1. The fraction of sp³-hybridized carbons (Fsp3) is 0.136. The molecule has 0 aliphatic rings. The van der Waals surface area contributed by atoms with Gasteiger partial charge in [-0.25, -0.2) is 4.98 Å². The van der Waals surface area contributed by atoms with Crippen molar-refractivity contribution in [1.82, 2.24) is 4.98 Å². The van der Waals surface area contributed by atoms with Crippen LogP contribution in [0.15, 0.2) is 60.8 Å². The molecular formula is C22H20N4O. The Morgan fingerprint density at radius 3 is 2.67 bits per heavy atom. The van der Waals surface area contributed by atoms with Crippen LogP contribution in [0.5, 0.6) is 0 Å². The molecule has 0 aliphatic heterocycles. The monoisotopic (exact) mass is 356 g/mol. The first-order valence-corrected chi connectivity index (χ1v) is 8.73. The Bertz CT molecular complexity index is 1000. The molecule has 0 radical (unpaired) electrons. The van der Waals surface area contributed by atoms with Crippen LogP contribution in [0.2, 0.25) is 0 Å². The molecule has 0 saturated carbocycles. The van der Waals surface area contributed by atoms with Crippen LogP contribution in [-0.2, 0) is 6.42 Å². The molecule has 0 bridgehead atoms. The summed E-state index contributed by atoms with van der Waals surface area (Å²) in [6.45, 7) is 4.17. The Morgan fingerprint density at radius 2 is 1.96 bits per heavy atom. The number of amides is 1. The Hall–Kier alpha value is -3.65. The quantitative estimate of drug-likeness (QED) is 0.687. The summed E-state index contributed by atoms with van der Waals surface area (Å²) in [7, 11) is 0. The molecule has 0 unspecified atom stereocenters. The molecule has 5 nitrogen and oxygen atoms in total. The van der Waals surface area contributed by atoms with E-state index in [1.165, 1.54) is 11.8 Å². The maximum atomic E-state index is 12.4. The SMILES string of the molecule is CCc1cccc(C)c1Nc1ccc(C(=O)Nc2cccc(C#N)c2)cn1. The van der Waals surface area contributed by atoms with E-state index in [4.69, 9.17) is 5.26 Å². The highest BCUT2D eigenvalue weighted by molar-refractivity contribution is 6.04. The van der Waals surface area contributed by atoms with Gasteiger partial charge in [-0.1, -0.05) is 31.2 Å². The first-order valence-electron chi connectivity index (χ1n) is 8.73. The van der Waals surface area contributed by atoms with Crippen molar-refractivity contribution in [1.29, 1.82) is 5.26 Å². The second kappa shape index (κ2) is 8.15. The minimum absolute atomic E-state index is 0.269. The van der Waals surface area contributed by atoms with Crippen molar-refractivity contribution in [2.75, 3.05) is 10.6 Å². The normalized spacial score (nSPS) is 10.1. The lowest BCUT2D eigenvalue weighted by atomic mass is 10.1. The van der Waals surface area contributed by atoms with Crippen LogP contribution in [0.25, 0.3) is 0 Å². The molecule has 0 saturated heterocycles. The molecule has 1 amide bonds. The zero-order valence-corrected chi connectivity index (χ0v) is 15.3. The van der Waals surface area contributed by atoms with Crippen molar-refractivity contribution in [2.24, 2.45) is 0 Å². The molecule has 0 atom stereocenters. The van der Waals surface area contributed by atoms with Gasteiger partial charge in [0.2, 0.25) is 0 Å². The van der Waals surface area contributed by atoms with Gasteiger partial charge in [0.05, 0.1) is 17.2 Å². The summed E-state index contributed by atoms with van der Waals surface area (Å²) in [4.78, 5) is 16.7. The number of para-hydroxylation sites is 1. The molecule has 2 aromatic carbocycles. The predicted octanol–water partition coefficient (Wildman–Crippen LogP) is 4.82. The van der Waals surface area contributed by atoms with E-state index >= 15 is 0 Å². The molecule has 2 N–H and O–H groups in total. The highest BCUT2D eigenvalue weighted by Crippen LogP contribution is 2.24. The Kier molecular flexibility index (Phi) is 5.48. The van der Waals surface area contributed by atoms with Gasteiger partial charge in [-0.15, -0.1) is 0 Å². The second-order valence-corrected chi connectivity index (χ2v) is 6.17. The van der Waals surface area contributed by atoms with Crippen molar-refractivity contribution in [3.63, 3.8) is 0 Å². The maximum Gasteiger partial charge on any atom is 0.257 e. The van der Waals surface area contributed by atoms with E-state index in [0.717, 1.165) is 17.7 Å². The van der Waals surface area contributed by atoms with Gasteiger partial charge in [0.1, 0.15) is 5.82 Å². The summed E-state index contributed by atoms with van der Waals surface area (Å²) < 4.78 is 0. The van der Waals surface area contributed by atoms with Crippen molar-refractivity contribution in [2.45, 2.75) is 20.3 Å². The van der Waals surface area contributed by atoms with Gasteiger partial charge in [-0.05, 0) is 54.8 Å². The van der Waals surface area contributed by atoms with Gasteiger partial charge in [-0.3, -0.25) is 4.79 Å². The van der Waals surface area contributed by atoms with E-state index in [9.17, 15) is 4.79 Å². The number of nitrogens with zero attached hydrogens (tertiary/aromatic N) is 2. The maximum absolute atomic E-state index is 12.4. The number of hydrogen-bond acceptors (Lipinski definition) is 4. The molecule has 0 aliphatic carbocycles. The first-order chi connectivity index (χ1) is 13.1. The number of aryl methyl sites for hydroxylation is 2. The van der Waals surface area contributed by atoms with E-state index in [1.807, 2.05) is 6.07 Å². The number of benzene rings is 2. The average molecular weight is 356 g/mol. The summed E-state index contributed by atoms with van der Waals surface area (Å²) in [5.41, 5.74) is 4.94. The number of hydrogen-bond donors (Lipinski definition) is 2. The van der Waals surface area contributed by atoms with E-state index < -0.39 is 0 Å². The lowest BCUT2D eigenvalue weighted by Gasteiger charge is -2.13. The summed E-state index contributed by atoms with van der Waals surface area (Å²) in [5.74, 6) is 0.413. The number of nitrogens with one attached hydrogen (secondary N) is 2. The zero-order valence-electron chi connectivity index (χ0n) is 15.3. The van der Waals surface area contributed by atoms with Crippen LogP contribution in [-0.4, -0.2) is 10.9 Å². The number of anilines is 3. The van der Waals surface area contributed by atoms with Crippen molar-refractivity contribution in [3.8, 4) is 6.07 Å². The third-order valence-electron chi connectivity index (χ3n) is 4.27. The first kappa shape index (κ1) is 18.2. The van der Waals surface area contributed by atoms with E-state index in [0.29, 0.717) is 22.6 Å². The third-order valence-corrected chi connectivity index (χ3v) is 4.27. The molecule has 134 valence electrons. The van der Waals surface area contributed by atoms with Crippen LogP contribution in [0.3, 0.4) is 0 Å². The molecule has 3 rings (SSSR count). The standard InChI is InChI=1S/C22H20N4O/c1-3-17-8-4-6-15(2)21(17)26-20-11-10-18(14-24-20)22(27)25-19-9-5-7-16(12-19)13-23/h4-12,14H,3H2,1-2H3,(H,24,26)(H,25,27). The number of carbonyl (C=O) groups is 1. The molecular weight excluding hydrogens is 336 g/mol. The number of rotatable bonds is 5. The Labute approximate surface area is 158 Å². The largest absolute Gasteiger partial charge is 0.340 e. The summed E-state index contributed by atoms with van der Waals surface area (Å²) >= 11 is 0. The van der Waals surface area contributed by atoms with Crippen molar-refractivity contribution in [3.05, 3.63) is 83.0 Å². The number of carbonyl (C=O) groups excluding carboxylic acids is 1. The Morgan fingerprint density at radius 1 is 1.15 bits per heavy atom. The molecule has 27 heavy (non-hydrogen) atoms. The summed E-state index contributed by atoms with van der Waals surface area (Å²) in [6, 6.07) is 18.5. The molecule has 5 heteroatoms. The minimum Gasteiger partial charge on any atom is -0.340 e. The van der Waals surface area contributed by atoms with Crippen LogP contribution in [0.4, 0.5) is 17.2 Å². The van der Waals surface area contributed by atoms with Crippen LogP contribution in [0, 0.1) is 18.3 Å². The average Bonchev–Trinajstić information content (AvgIpc) is 2.70. The van der Waals surface area contributed by atoms with Crippen molar-refractivity contribution >= 4 is 23.1 Å². The molecule has 1 heterocycles. The van der Waals surface area contributed by atoms with E-state index in [-0.39, 0.29) is 5.91 Å². The minimum atomic E-state index is -0.269. The van der Waals surface area contributed by atoms with Gasteiger partial charge < -0.3 is 10.6 Å². The third kappa shape index (κ3) is 4.31.